The van der Waals surface area contributed by atoms with Crippen molar-refractivity contribution in [1.29, 1.82) is 0 Å². The predicted molar refractivity (Wildman–Crippen MR) is 77.7 cm³/mol. The Hall–Kier alpha value is -1.92. The van der Waals surface area contributed by atoms with Gasteiger partial charge in [-0.15, -0.1) is 0 Å². The van der Waals surface area contributed by atoms with Gasteiger partial charge in [0.2, 0.25) is 5.89 Å². The Kier molecular flexibility index (Phi) is 4.17. The minimum Gasteiger partial charge on any atom is -0.465 e. The van der Waals surface area contributed by atoms with Crippen molar-refractivity contribution >= 4 is 17.1 Å². The van der Waals surface area contributed by atoms with Gasteiger partial charge < -0.3 is 14.5 Å². The molecule has 1 unspecified atom stereocenters. The second kappa shape index (κ2) is 6.24. The average Bonchev–Trinajstić information content (AvgIpc) is 2.90. The fourth-order valence-corrected chi connectivity index (χ4v) is 2.57. The van der Waals surface area contributed by atoms with Gasteiger partial charge in [-0.25, -0.2) is 4.98 Å². The maximum atomic E-state index is 12.0. The van der Waals surface area contributed by atoms with Gasteiger partial charge in [-0.3, -0.25) is 9.69 Å². The fourth-order valence-electron chi connectivity index (χ4n) is 2.57. The summed E-state index contributed by atoms with van der Waals surface area (Å²) < 4.78 is 10.9. The summed E-state index contributed by atoms with van der Waals surface area (Å²) in [4.78, 5) is 18.5. The number of hydrogen-bond donors (Lipinski definition) is 1. The van der Waals surface area contributed by atoms with Gasteiger partial charge in [0.05, 0.1) is 13.2 Å². The molecule has 112 valence electrons. The Labute approximate surface area is 123 Å². The first-order valence-corrected chi connectivity index (χ1v) is 7.24. The Morgan fingerprint density at radius 3 is 3.19 bits per heavy atom. The summed E-state index contributed by atoms with van der Waals surface area (Å²) in [5.41, 5.74) is 1.62. The molecule has 2 heterocycles. The van der Waals surface area contributed by atoms with Crippen molar-refractivity contribution in [2.24, 2.45) is 0 Å². The van der Waals surface area contributed by atoms with Crippen LogP contribution < -0.4 is 5.32 Å². The molecule has 0 radical (unpaired) electrons. The number of carbonyl (C=O) groups excluding carboxylic acids is 1. The van der Waals surface area contributed by atoms with E-state index in [1.807, 2.05) is 31.2 Å². The van der Waals surface area contributed by atoms with Gasteiger partial charge in [0, 0.05) is 19.6 Å². The summed E-state index contributed by atoms with van der Waals surface area (Å²) in [5, 5.41) is 3.22. The number of benzene rings is 1. The molecular formula is C15H19N3O3. The van der Waals surface area contributed by atoms with Crippen LogP contribution in [0.3, 0.4) is 0 Å². The predicted octanol–water partition coefficient (Wildman–Crippen LogP) is 1.16. The summed E-state index contributed by atoms with van der Waals surface area (Å²) in [5.74, 6) is 0.438. The van der Waals surface area contributed by atoms with E-state index in [2.05, 4.69) is 15.2 Å². The number of hydrogen-bond acceptors (Lipinski definition) is 6. The average molecular weight is 289 g/mol. The number of esters is 1. The SMILES string of the molecule is CCOC(=O)C1CNCCN1Cc1nc2ccccc2o1. The molecule has 0 amide bonds. The standard InChI is InChI=1S/C15H19N3O3/c1-2-20-15(19)12-9-16-7-8-18(12)10-14-17-11-5-3-4-6-13(11)21-14/h3-6,12,16H,2,7-10H2,1H3. The van der Waals surface area contributed by atoms with Crippen molar-refractivity contribution < 1.29 is 13.9 Å². The second-order valence-corrected chi connectivity index (χ2v) is 5.02. The summed E-state index contributed by atoms with van der Waals surface area (Å²) in [6.45, 7) is 4.93. The molecule has 0 aliphatic carbocycles. The number of aromatic nitrogens is 1. The van der Waals surface area contributed by atoms with E-state index >= 15 is 0 Å². The first kappa shape index (κ1) is 14.0. The molecule has 1 saturated heterocycles. The van der Waals surface area contributed by atoms with Crippen LogP contribution in [0.5, 0.6) is 0 Å². The zero-order valence-electron chi connectivity index (χ0n) is 12.0. The first-order chi connectivity index (χ1) is 10.3. The van der Waals surface area contributed by atoms with E-state index in [4.69, 9.17) is 9.15 Å². The number of nitrogens with one attached hydrogen (secondary N) is 1. The monoisotopic (exact) mass is 289 g/mol. The van der Waals surface area contributed by atoms with Crippen LogP contribution in [0.2, 0.25) is 0 Å². The number of rotatable bonds is 4. The Morgan fingerprint density at radius 1 is 1.52 bits per heavy atom. The maximum absolute atomic E-state index is 12.0. The number of oxazole rings is 1. The zero-order valence-corrected chi connectivity index (χ0v) is 12.0. The van der Waals surface area contributed by atoms with Crippen LogP contribution in [-0.4, -0.2) is 48.1 Å². The van der Waals surface area contributed by atoms with Crippen molar-refractivity contribution in [1.82, 2.24) is 15.2 Å². The lowest BCUT2D eigenvalue weighted by atomic mass is 10.2. The molecule has 1 aliphatic heterocycles. The van der Waals surface area contributed by atoms with E-state index in [-0.39, 0.29) is 12.0 Å². The van der Waals surface area contributed by atoms with Gasteiger partial charge in [-0.05, 0) is 19.1 Å². The molecule has 1 aromatic heterocycles. The molecule has 1 aliphatic rings. The minimum absolute atomic E-state index is 0.194. The highest BCUT2D eigenvalue weighted by atomic mass is 16.5. The van der Waals surface area contributed by atoms with E-state index < -0.39 is 0 Å². The molecule has 21 heavy (non-hydrogen) atoms. The number of ether oxygens (including phenoxy) is 1. The van der Waals surface area contributed by atoms with Crippen LogP contribution in [-0.2, 0) is 16.1 Å². The molecule has 2 aromatic rings. The van der Waals surface area contributed by atoms with E-state index in [0.717, 1.165) is 24.2 Å². The van der Waals surface area contributed by atoms with Crippen molar-refractivity contribution in [3.63, 3.8) is 0 Å². The molecule has 6 nitrogen and oxygen atoms in total. The minimum atomic E-state index is -0.284. The summed E-state index contributed by atoms with van der Waals surface area (Å²) in [6.07, 6.45) is 0. The van der Waals surface area contributed by atoms with Crippen LogP contribution >= 0.6 is 0 Å². The molecule has 0 spiro atoms. The van der Waals surface area contributed by atoms with E-state index in [1.165, 1.54) is 0 Å². The Balaban J connectivity index is 1.75. The number of piperazine rings is 1. The van der Waals surface area contributed by atoms with Gasteiger partial charge in [0.15, 0.2) is 5.58 Å². The van der Waals surface area contributed by atoms with E-state index in [0.29, 0.717) is 25.6 Å². The summed E-state index contributed by atoms with van der Waals surface area (Å²) in [6, 6.07) is 7.38. The molecular weight excluding hydrogens is 270 g/mol. The quantitative estimate of drug-likeness (QED) is 0.852. The van der Waals surface area contributed by atoms with Gasteiger partial charge in [0.25, 0.3) is 0 Å². The topological polar surface area (TPSA) is 67.6 Å². The largest absolute Gasteiger partial charge is 0.465 e. The zero-order chi connectivity index (χ0) is 14.7. The normalized spacial score (nSPS) is 19.8. The van der Waals surface area contributed by atoms with Crippen LogP contribution in [0.15, 0.2) is 28.7 Å². The van der Waals surface area contributed by atoms with Crippen LogP contribution in [0.1, 0.15) is 12.8 Å². The van der Waals surface area contributed by atoms with Gasteiger partial charge >= 0.3 is 5.97 Å². The van der Waals surface area contributed by atoms with Crippen molar-refractivity contribution in [2.45, 2.75) is 19.5 Å². The van der Waals surface area contributed by atoms with Crippen molar-refractivity contribution in [2.75, 3.05) is 26.2 Å². The number of nitrogens with zero attached hydrogens (tertiary/aromatic N) is 2. The molecule has 1 fully saturated rings. The van der Waals surface area contributed by atoms with Crippen LogP contribution in [0.25, 0.3) is 11.1 Å². The van der Waals surface area contributed by atoms with Crippen molar-refractivity contribution in [3.8, 4) is 0 Å². The third-order valence-electron chi connectivity index (χ3n) is 3.59. The lowest BCUT2D eigenvalue weighted by molar-refractivity contribution is -0.150. The second-order valence-electron chi connectivity index (χ2n) is 5.02. The molecule has 6 heteroatoms. The third-order valence-corrected chi connectivity index (χ3v) is 3.59. The Bertz CT molecular complexity index is 592. The molecule has 1 atom stereocenters. The van der Waals surface area contributed by atoms with Gasteiger partial charge in [-0.1, -0.05) is 12.1 Å². The summed E-state index contributed by atoms with van der Waals surface area (Å²) >= 11 is 0. The third kappa shape index (κ3) is 3.06. The molecule has 0 bridgehead atoms. The number of fused-ring (bicyclic) bond motifs is 1. The number of carbonyl (C=O) groups is 1. The first-order valence-electron chi connectivity index (χ1n) is 7.24. The summed E-state index contributed by atoms with van der Waals surface area (Å²) in [7, 11) is 0. The highest BCUT2D eigenvalue weighted by Crippen LogP contribution is 2.17. The maximum Gasteiger partial charge on any atom is 0.324 e. The smallest absolute Gasteiger partial charge is 0.324 e. The lowest BCUT2D eigenvalue weighted by Gasteiger charge is -2.33. The van der Waals surface area contributed by atoms with E-state index in [9.17, 15) is 4.79 Å². The fraction of sp³-hybridized carbons (Fsp3) is 0.467. The van der Waals surface area contributed by atoms with Crippen molar-refractivity contribution in [3.05, 3.63) is 30.2 Å². The molecule has 1 aromatic carbocycles. The van der Waals surface area contributed by atoms with E-state index in [1.54, 1.807) is 0 Å². The van der Waals surface area contributed by atoms with Crippen LogP contribution in [0, 0.1) is 0 Å². The number of para-hydroxylation sites is 2. The molecule has 1 N–H and O–H groups in total. The molecule has 3 rings (SSSR count). The Morgan fingerprint density at radius 2 is 2.38 bits per heavy atom. The van der Waals surface area contributed by atoms with Crippen LogP contribution in [0.4, 0.5) is 0 Å². The highest BCUT2D eigenvalue weighted by Gasteiger charge is 2.30. The lowest BCUT2D eigenvalue weighted by Crippen LogP contribution is -2.54. The highest BCUT2D eigenvalue weighted by molar-refractivity contribution is 5.76. The van der Waals surface area contributed by atoms with Gasteiger partial charge in [-0.2, -0.15) is 0 Å². The molecule has 0 saturated carbocycles. The van der Waals surface area contributed by atoms with Gasteiger partial charge in [0.1, 0.15) is 11.6 Å².